The van der Waals surface area contributed by atoms with Crippen LogP contribution in [0, 0.1) is 0 Å². The zero-order valence-corrected chi connectivity index (χ0v) is 6.30. The van der Waals surface area contributed by atoms with Gasteiger partial charge in [-0.25, -0.2) is 4.79 Å². The Morgan fingerprint density at radius 2 is 2.40 bits per heavy atom. The summed E-state index contributed by atoms with van der Waals surface area (Å²) in [7, 11) is 0. The summed E-state index contributed by atoms with van der Waals surface area (Å²) < 4.78 is 0. The minimum atomic E-state index is -0.723. The van der Waals surface area contributed by atoms with Crippen LogP contribution in [0.2, 0.25) is 0 Å². The third kappa shape index (κ3) is 4.55. The van der Waals surface area contributed by atoms with E-state index >= 15 is 0 Å². The van der Waals surface area contributed by atoms with Crippen molar-refractivity contribution in [3.63, 3.8) is 0 Å². The third-order valence-corrected chi connectivity index (χ3v) is 0.819. The number of hydrogen-bond acceptors (Lipinski definition) is 4. The van der Waals surface area contributed by atoms with Crippen LogP contribution in [-0.2, 0) is 14.6 Å². The van der Waals surface area contributed by atoms with Crippen molar-refractivity contribution in [2.24, 2.45) is 0 Å². The average molecular weight is 169 g/mol. The molecule has 1 atom stereocenters. The van der Waals surface area contributed by atoms with E-state index in [2.05, 4.69) is 9.78 Å². The molecule has 0 aliphatic carbocycles. The molecule has 10 heavy (non-hydrogen) atoms. The van der Waals surface area contributed by atoms with Crippen molar-refractivity contribution in [3.8, 4) is 0 Å². The molecule has 1 unspecified atom stereocenters. The van der Waals surface area contributed by atoms with Crippen molar-refractivity contribution in [2.75, 3.05) is 13.2 Å². The van der Waals surface area contributed by atoms with Crippen LogP contribution in [-0.4, -0.2) is 29.7 Å². The van der Waals surface area contributed by atoms with Gasteiger partial charge >= 0.3 is 5.97 Å². The Bertz CT molecular complexity index is 104. The second-order valence-electron chi connectivity index (χ2n) is 1.56. The van der Waals surface area contributed by atoms with Crippen LogP contribution in [0.15, 0.2) is 0 Å². The van der Waals surface area contributed by atoms with Gasteiger partial charge in [-0.15, -0.1) is 11.6 Å². The molecule has 0 bridgehead atoms. The van der Waals surface area contributed by atoms with Crippen molar-refractivity contribution in [1.82, 2.24) is 0 Å². The molecule has 0 fully saturated rings. The van der Waals surface area contributed by atoms with E-state index in [0.717, 1.165) is 0 Å². The molecule has 0 aromatic heterocycles. The van der Waals surface area contributed by atoms with Gasteiger partial charge in [0.2, 0.25) is 0 Å². The van der Waals surface area contributed by atoms with E-state index in [1.165, 1.54) is 6.92 Å². The first-order valence-electron chi connectivity index (χ1n) is 2.76. The third-order valence-electron chi connectivity index (χ3n) is 0.640. The summed E-state index contributed by atoms with van der Waals surface area (Å²) in [6, 6.07) is 0. The zero-order chi connectivity index (χ0) is 7.98. The molecule has 0 spiro atoms. The molecule has 1 N–H and O–H groups in total. The molecule has 0 aliphatic heterocycles. The predicted molar refractivity (Wildman–Crippen MR) is 34.4 cm³/mol. The molecule has 0 aliphatic rings. The van der Waals surface area contributed by atoms with Crippen molar-refractivity contribution in [1.29, 1.82) is 0 Å². The van der Waals surface area contributed by atoms with Gasteiger partial charge in [-0.05, 0) is 6.92 Å². The number of carbonyl (C=O) groups is 1. The standard InChI is InChI=1S/C5H9ClO4/c1-4(6)5(8)10-9-3-2-7/h4,7H,2-3H2,1H3. The SMILES string of the molecule is CC(Cl)C(=O)OOCCO. The number of aliphatic hydroxyl groups excluding tert-OH is 1. The van der Waals surface area contributed by atoms with Crippen LogP contribution in [0.25, 0.3) is 0 Å². The molecule has 0 aromatic carbocycles. The number of rotatable bonds is 4. The molecule has 0 aromatic rings. The fraction of sp³-hybridized carbons (Fsp3) is 0.800. The zero-order valence-electron chi connectivity index (χ0n) is 5.54. The Labute approximate surface area is 63.6 Å². The highest BCUT2D eigenvalue weighted by Gasteiger charge is 2.10. The van der Waals surface area contributed by atoms with Gasteiger partial charge in [0.05, 0.1) is 6.61 Å². The maximum atomic E-state index is 10.5. The average Bonchev–Trinajstić information content (AvgIpc) is 1.88. The van der Waals surface area contributed by atoms with Gasteiger partial charge in [-0.2, -0.15) is 4.89 Å². The van der Waals surface area contributed by atoms with Crippen LogP contribution in [0.1, 0.15) is 6.92 Å². The summed E-state index contributed by atoms with van der Waals surface area (Å²) in [5, 5.41) is 7.45. The van der Waals surface area contributed by atoms with Crippen LogP contribution in [0.3, 0.4) is 0 Å². The highest BCUT2D eigenvalue weighted by atomic mass is 35.5. The summed E-state index contributed by atoms with van der Waals surface area (Å²) in [5.41, 5.74) is 0. The van der Waals surface area contributed by atoms with Crippen LogP contribution >= 0.6 is 11.6 Å². The van der Waals surface area contributed by atoms with Gasteiger partial charge in [0.15, 0.2) is 0 Å². The van der Waals surface area contributed by atoms with Gasteiger partial charge in [-0.1, -0.05) is 0 Å². The van der Waals surface area contributed by atoms with E-state index in [1.807, 2.05) is 0 Å². The van der Waals surface area contributed by atoms with Gasteiger partial charge in [0.1, 0.15) is 12.0 Å². The molecule has 0 amide bonds. The van der Waals surface area contributed by atoms with E-state index in [0.29, 0.717) is 0 Å². The lowest BCUT2D eigenvalue weighted by molar-refractivity contribution is -0.274. The van der Waals surface area contributed by atoms with Gasteiger partial charge in [0, 0.05) is 0 Å². The summed E-state index contributed by atoms with van der Waals surface area (Å²) in [6.07, 6.45) is 0. The van der Waals surface area contributed by atoms with Crippen molar-refractivity contribution >= 4 is 17.6 Å². The Morgan fingerprint density at radius 3 is 2.80 bits per heavy atom. The van der Waals surface area contributed by atoms with Crippen molar-refractivity contribution < 1.29 is 19.7 Å². The Kier molecular flexibility index (Phi) is 5.29. The lowest BCUT2D eigenvalue weighted by Crippen LogP contribution is -2.15. The predicted octanol–water partition coefficient (Wildman–Crippen LogP) is 0.0808. The van der Waals surface area contributed by atoms with Crippen LogP contribution in [0.5, 0.6) is 0 Å². The number of aliphatic hydroxyl groups is 1. The molecule has 4 nitrogen and oxygen atoms in total. The molecule has 60 valence electrons. The molecule has 5 heteroatoms. The number of carbonyl (C=O) groups excluding carboxylic acids is 1. The highest BCUT2D eigenvalue weighted by molar-refractivity contribution is 6.29. The van der Waals surface area contributed by atoms with Gasteiger partial charge in [-0.3, -0.25) is 4.89 Å². The first kappa shape index (κ1) is 9.68. The Balaban J connectivity index is 3.22. The fourth-order valence-corrected chi connectivity index (χ4v) is 0.240. The highest BCUT2D eigenvalue weighted by Crippen LogP contribution is 1.96. The summed E-state index contributed by atoms with van der Waals surface area (Å²) in [6.45, 7) is 1.24. The minimum Gasteiger partial charge on any atom is -0.394 e. The molecular formula is C5H9ClO4. The molecule has 0 radical (unpaired) electrons. The number of alkyl halides is 1. The quantitative estimate of drug-likeness (QED) is 0.280. The molecule has 0 heterocycles. The normalized spacial score (nSPS) is 12.7. The molecule has 0 saturated carbocycles. The summed E-state index contributed by atoms with van der Waals surface area (Å²) >= 11 is 5.29. The molecule has 0 saturated heterocycles. The maximum absolute atomic E-state index is 10.5. The van der Waals surface area contributed by atoms with Crippen molar-refractivity contribution in [2.45, 2.75) is 12.3 Å². The fourth-order valence-electron chi connectivity index (χ4n) is 0.203. The number of halogens is 1. The van der Waals surface area contributed by atoms with E-state index in [-0.39, 0.29) is 13.2 Å². The Hall–Kier alpha value is -0.320. The molecule has 0 rings (SSSR count). The smallest absolute Gasteiger partial charge is 0.359 e. The first-order valence-corrected chi connectivity index (χ1v) is 3.20. The van der Waals surface area contributed by atoms with Gasteiger partial charge in [0.25, 0.3) is 0 Å². The van der Waals surface area contributed by atoms with Crippen LogP contribution < -0.4 is 0 Å². The minimum absolute atomic E-state index is 0.0324. The number of hydrogen-bond donors (Lipinski definition) is 1. The summed E-state index contributed by atoms with van der Waals surface area (Å²) in [4.78, 5) is 18.8. The van der Waals surface area contributed by atoms with E-state index in [4.69, 9.17) is 16.7 Å². The van der Waals surface area contributed by atoms with E-state index < -0.39 is 11.3 Å². The topological polar surface area (TPSA) is 55.8 Å². The van der Waals surface area contributed by atoms with Crippen LogP contribution in [0.4, 0.5) is 0 Å². The second-order valence-corrected chi connectivity index (χ2v) is 2.22. The largest absolute Gasteiger partial charge is 0.394 e. The van der Waals surface area contributed by atoms with Gasteiger partial charge < -0.3 is 5.11 Å². The van der Waals surface area contributed by atoms with E-state index in [9.17, 15) is 4.79 Å². The lowest BCUT2D eigenvalue weighted by Gasteiger charge is -2.01. The van der Waals surface area contributed by atoms with E-state index in [1.54, 1.807) is 0 Å². The van der Waals surface area contributed by atoms with Crippen molar-refractivity contribution in [3.05, 3.63) is 0 Å². The lowest BCUT2D eigenvalue weighted by atomic mass is 10.5. The summed E-state index contributed by atoms with van der Waals surface area (Å²) in [5.74, 6) is -0.657. The first-order chi connectivity index (χ1) is 4.68. The maximum Gasteiger partial charge on any atom is 0.359 e. The Morgan fingerprint density at radius 1 is 1.80 bits per heavy atom. The molecular weight excluding hydrogens is 160 g/mol. The monoisotopic (exact) mass is 168 g/mol. The second kappa shape index (κ2) is 5.46.